The van der Waals surface area contributed by atoms with Gasteiger partial charge < -0.3 is 16.8 Å². The van der Waals surface area contributed by atoms with Gasteiger partial charge in [-0.2, -0.15) is 0 Å². The van der Waals surface area contributed by atoms with E-state index >= 15 is 0 Å². The molecule has 0 bridgehead atoms. The summed E-state index contributed by atoms with van der Waals surface area (Å²) in [5.74, 6) is 0. The Kier molecular flexibility index (Phi) is 5.93. The van der Waals surface area contributed by atoms with Crippen LogP contribution in [-0.4, -0.2) is 27.5 Å². The highest BCUT2D eigenvalue weighted by Gasteiger charge is 2.15. The zero-order valence-corrected chi connectivity index (χ0v) is 12.1. The second-order valence-corrected chi connectivity index (χ2v) is 6.04. The highest BCUT2D eigenvalue weighted by Crippen LogP contribution is 2.17. The number of nitrogens with two attached hydrogens (primary N) is 2. The lowest BCUT2D eigenvalue weighted by Crippen LogP contribution is -2.37. The maximum atomic E-state index is 12.0. The standard InChI is InChI=1S/C12H20N4O3S/c1-2-11(13)9-4-3-5-10(8-9)20(18,19)16-7-6-15-12(14)17/h3-5,8,11,16H,2,6-7,13H2,1H3,(H3,14,15,17). The van der Waals surface area contributed by atoms with Crippen molar-refractivity contribution < 1.29 is 13.2 Å². The second-order valence-electron chi connectivity index (χ2n) is 4.28. The molecule has 0 saturated carbocycles. The topological polar surface area (TPSA) is 127 Å². The fourth-order valence-electron chi connectivity index (χ4n) is 1.60. The molecular formula is C12H20N4O3S. The molecule has 1 atom stereocenters. The lowest BCUT2D eigenvalue weighted by Gasteiger charge is -2.12. The van der Waals surface area contributed by atoms with Crippen LogP contribution in [0.25, 0.3) is 0 Å². The summed E-state index contributed by atoms with van der Waals surface area (Å²) < 4.78 is 26.5. The molecule has 1 aromatic rings. The van der Waals surface area contributed by atoms with E-state index in [9.17, 15) is 13.2 Å². The Morgan fingerprint density at radius 2 is 2.05 bits per heavy atom. The lowest BCUT2D eigenvalue weighted by molar-refractivity contribution is 0.249. The average Bonchev–Trinajstić information content (AvgIpc) is 2.42. The normalized spacial score (nSPS) is 12.9. The van der Waals surface area contributed by atoms with Crippen molar-refractivity contribution >= 4 is 16.1 Å². The summed E-state index contributed by atoms with van der Waals surface area (Å²) >= 11 is 0. The van der Waals surface area contributed by atoms with E-state index < -0.39 is 16.1 Å². The van der Waals surface area contributed by atoms with Crippen LogP contribution in [0.1, 0.15) is 24.9 Å². The first kappa shape index (κ1) is 16.4. The zero-order valence-electron chi connectivity index (χ0n) is 11.3. The number of nitrogens with one attached hydrogen (secondary N) is 2. The van der Waals surface area contributed by atoms with Crippen LogP contribution < -0.4 is 21.5 Å². The van der Waals surface area contributed by atoms with Crippen molar-refractivity contribution in [1.82, 2.24) is 10.0 Å². The van der Waals surface area contributed by atoms with Gasteiger partial charge in [0.2, 0.25) is 10.0 Å². The minimum atomic E-state index is -3.62. The highest BCUT2D eigenvalue weighted by atomic mass is 32.2. The Balaban J connectivity index is 2.74. The van der Waals surface area contributed by atoms with Crippen LogP contribution in [0.15, 0.2) is 29.2 Å². The SMILES string of the molecule is CCC(N)c1cccc(S(=O)(=O)NCCNC(N)=O)c1. The largest absolute Gasteiger partial charge is 0.352 e. The zero-order chi connectivity index (χ0) is 15.2. The summed E-state index contributed by atoms with van der Waals surface area (Å²) in [5, 5.41) is 2.30. The van der Waals surface area contributed by atoms with Gasteiger partial charge in [-0.05, 0) is 24.1 Å². The van der Waals surface area contributed by atoms with Crippen LogP contribution in [0, 0.1) is 0 Å². The Morgan fingerprint density at radius 3 is 2.65 bits per heavy atom. The van der Waals surface area contributed by atoms with Gasteiger partial charge >= 0.3 is 6.03 Å². The molecule has 1 aromatic carbocycles. The van der Waals surface area contributed by atoms with Crippen molar-refractivity contribution in [3.8, 4) is 0 Å². The van der Waals surface area contributed by atoms with Crippen molar-refractivity contribution in [2.24, 2.45) is 11.5 Å². The summed E-state index contributed by atoms with van der Waals surface area (Å²) in [6, 6.07) is 5.61. The van der Waals surface area contributed by atoms with Gasteiger partial charge in [-0.15, -0.1) is 0 Å². The molecule has 2 amide bonds. The molecule has 0 saturated heterocycles. The molecule has 0 spiro atoms. The molecule has 0 aliphatic carbocycles. The van der Waals surface area contributed by atoms with Crippen LogP contribution in [0.5, 0.6) is 0 Å². The lowest BCUT2D eigenvalue weighted by atomic mass is 10.1. The van der Waals surface area contributed by atoms with E-state index in [1.54, 1.807) is 18.2 Å². The Labute approximate surface area is 118 Å². The van der Waals surface area contributed by atoms with E-state index in [0.717, 1.165) is 12.0 Å². The fraction of sp³-hybridized carbons (Fsp3) is 0.417. The maximum absolute atomic E-state index is 12.0. The minimum absolute atomic E-state index is 0.0648. The highest BCUT2D eigenvalue weighted by molar-refractivity contribution is 7.89. The number of rotatable bonds is 7. The van der Waals surface area contributed by atoms with Gasteiger partial charge in [-0.3, -0.25) is 0 Å². The predicted molar refractivity (Wildman–Crippen MR) is 76.4 cm³/mol. The predicted octanol–water partition coefficient (Wildman–Crippen LogP) is 0.0430. The van der Waals surface area contributed by atoms with Crippen molar-refractivity contribution in [2.45, 2.75) is 24.3 Å². The van der Waals surface area contributed by atoms with E-state index in [0.29, 0.717) is 0 Å². The van der Waals surface area contributed by atoms with Crippen LogP contribution in [-0.2, 0) is 10.0 Å². The molecule has 0 aromatic heterocycles. The summed E-state index contributed by atoms with van der Waals surface area (Å²) in [6.45, 7) is 2.12. The van der Waals surface area contributed by atoms with Crippen LogP contribution in [0.2, 0.25) is 0 Å². The number of hydrogen-bond donors (Lipinski definition) is 4. The molecule has 112 valence electrons. The average molecular weight is 300 g/mol. The number of carbonyl (C=O) groups excluding carboxylic acids is 1. The third kappa shape index (κ3) is 4.80. The molecule has 6 N–H and O–H groups in total. The first-order chi connectivity index (χ1) is 9.36. The summed E-state index contributed by atoms with van der Waals surface area (Å²) in [5.41, 5.74) is 11.5. The number of carbonyl (C=O) groups is 1. The van der Waals surface area contributed by atoms with Gasteiger partial charge in [0.25, 0.3) is 0 Å². The summed E-state index contributed by atoms with van der Waals surface area (Å²) in [4.78, 5) is 10.6. The second kappa shape index (κ2) is 7.22. The van der Waals surface area contributed by atoms with Gasteiger partial charge in [-0.25, -0.2) is 17.9 Å². The smallest absolute Gasteiger partial charge is 0.312 e. The number of hydrogen-bond acceptors (Lipinski definition) is 4. The molecular weight excluding hydrogens is 280 g/mol. The van der Waals surface area contributed by atoms with Crippen LogP contribution in [0.4, 0.5) is 4.79 Å². The first-order valence-corrected chi connectivity index (χ1v) is 7.73. The summed E-state index contributed by atoms with van der Waals surface area (Å²) in [7, 11) is -3.62. The van der Waals surface area contributed by atoms with Crippen molar-refractivity contribution in [1.29, 1.82) is 0 Å². The third-order valence-electron chi connectivity index (χ3n) is 2.75. The third-order valence-corrected chi connectivity index (χ3v) is 4.21. The van der Waals surface area contributed by atoms with Crippen LogP contribution in [0.3, 0.4) is 0 Å². The number of primary amides is 1. The quantitative estimate of drug-likeness (QED) is 0.530. The molecule has 0 fully saturated rings. The van der Waals surface area contributed by atoms with Gasteiger partial charge in [0.1, 0.15) is 0 Å². The number of sulfonamides is 1. The van der Waals surface area contributed by atoms with Crippen molar-refractivity contribution in [2.75, 3.05) is 13.1 Å². The molecule has 0 aliphatic rings. The van der Waals surface area contributed by atoms with Gasteiger partial charge in [-0.1, -0.05) is 19.1 Å². The first-order valence-electron chi connectivity index (χ1n) is 6.25. The monoisotopic (exact) mass is 300 g/mol. The molecule has 8 heteroatoms. The Bertz CT molecular complexity index is 560. The molecule has 1 unspecified atom stereocenters. The van der Waals surface area contributed by atoms with Crippen LogP contribution >= 0.6 is 0 Å². The molecule has 0 heterocycles. The molecule has 1 rings (SSSR count). The molecule has 0 aliphatic heterocycles. The van der Waals surface area contributed by atoms with E-state index in [1.807, 2.05) is 6.92 Å². The number of benzene rings is 1. The van der Waals surface area contributed by atoms with Gasteiger partial charge in [0.05, 0.1) is 4.90 Å². The molecule has 7 nitrogen and oxygen atoms in total. The molecule has 20 heavy (non-hydrogen) atoms. The minimum Gasteiger partial charge on any atom is -0.352 e. The maximum Gasteiger partial charge on any atom is 0.312 e. The Hall–Kier alpha value is -1.64. The number of amides is 2. The van der Waals surface area contributed by atoms with E-state index in [4.69, 9.17) is 11.5 Å². The summed E-state index contributed by atoms with van der Waals surface area (Å²) in [6.07, 6.45) is 0.722. The fourth-order valence-corrected chi connectivity index (χ4v) is 2.69. The van der Waals surface area contributed by atoms with E-state index in [2.05, 4.69) is 10.0 Å². The molecule has 0 radical (unpaired) electrons. The van der Waals surface area contributed by atoms with Crippen molar-refractivity contribution in [3.05, 3.63) is 29.8 Å². The number of urea groups is 1. The van der Waals surface area contributed by atoms with Gasteiger partial charge in [0, 0.05) is 19.1 Å². The van der Waals surface area contributed by atoms with E-state index in [-0.39, 0.29) is 24.0 Å². The van der Waals surface area contributed by atoms with E-state index in [1.165, 1.54) is 6.07 Å². The van der Waals surface area contributed by atoms with Gasteiger partial charge in [0.15, 0.2) is 0 Å². The Morgan fingerprint density at radius 1 is 1.35 bits per heavy atom. The van der Waals surface area contributed by atoms with Crippen molar-refractivity contribution in [3.63, 3.8) is 0 Å².